The highest BCUT2D eigenvalue weighted by Crippen LogP contribution is 2.41. The summed E-state index contributed by atoms with van der Waals surface area (Å²) < 4.78 is 0. The lowest BCUT2D eigenvalue weighted by molar-refractivity contribution is 0.465. The van der Waals surface area contributed by atoms with E-state index < -0.39 is 0 Å². The minimum Gasteiger partial charge on any atom is -0.0610 e. The summed E-state index contributed by atoms with van der Waals surface area (Å²) in [4.78, 5) is 0. The Hall–Kier alpha value is -1.04. The van der Waals surface area contributed by atoms with E-state index in [2.05, 4.69) is 65.8 Å². The van der Waals surface area contributed by atoms with Gasteiger partial charge in [-0.1, -0.05) is 71.4 Å². The molecule has 0 amide bonds. The van der Waals surface area contributed by atoms with Crippen molar-refractivity contribution in [2.45, 2.75) is 72.6 Å². The number of hydrogen-bond acceptors (Lipinski definition) is 0. The fraction of sp³-hybridized carbons (Fsp3) is 0.600. The van der Waals surface area contributed by atoms with E-state index in [1.54, 1.807) is 11.1 Å². The molecule has 2 rings (SSSR count). The average Bonchev–Trinajstić information content (AvgIpc) is 2.37. The molecular weight excluding hydrogens is 240 g/mol. The first kappa shape index (κ1) is 15.4. The molecule has 0 saturated carbocycles. The standard InChI is InChI=1S/C20H30/c1-19(2,3)16-13-11-15(12-14-16)17-9-7-8-10-18(17)20(4,5)6/h11-14H,7-10H2,1-6H3. The van der Waals surface area contributed by atoms with Crippen molar-refractivity contribution in [2.24, 2.45) is 5.41 Å². The molecule has 0 fully saturated rings. The second kappa shape index (κ2) is 5.39. The molecule has 1 aromatic carbocycles. The van der Waals surface area contributed by atoms with E-state index in [4.69, 9.17) is 0 Å². The van der Waals surface area contributed by atoms with Gasteiger partial charge < -0.3 is 0 Å². The van der Waals surface area contributed by atoms with Crippen molar-refractivity contribution in [3.05, 3.63) is 41.0 Å². The van der Waals surface area contributed by atoms with Gasteiger partial charge in [-0.05, 0) is 53.2 Å². The van der Waals surface area contributed by atoms with E-state index in [9.17, 15) is 0 Å². The van der Waals surface area contributed by atoms with Gasteiger partial charge in [-0.15, -0.1) is 0 Å². The van der Waals surface area contributed by atoms with Crippen molar-refractivity contribution in [2.75, 3.05) is 0 Å². The van der Waals surface area contributed by atoms with Crippen LogP contribution < -0.4 is 0 Å². The summed E-state index contributed by atoms with van der Waals surface area (Å²) in [7, 11) is 0. The molecule has 0 N–H and O–H groups in total. The van der Waals surface area contributed by atoms with Crippen LogP contribution in [-0.2, 0) is 5.41 Å². The summed E-state index contributed by atoms with van der Waals surface area (Å²) in [5.41, 5.74) is 6.71. The van der Waals surface area contributed by atoms with Gasteiger partial charge in [0.1, 0.15) is 0 Å². The van der Waals surface area contributed by atoms with E-state index in [1.165, 1.54) is 36.8 Å². The fourth-order valence-corrected chi connectivity index (χ4v) is 3.22. The third-order valence-electron chi connectivity index (χ3n) is 4.47. The molecule has 110 valence electrons. The first-order valence-corrected chi connectivity index (χ1v) is 8.03. The molecule has 1 aliphatic rings. The molecule has 0 unspecified atom stereocenters. The Morgan fingerprint density at radius 2 is 1.25 bits per heavy atom. The van der Waals surface area contributed by atoms with Crippen molar-refractivity contribution in [1.29, 1.82) is 0 Å². The lowest BCUT2D eigenvalue weighted by atomic mass is 9.74. The Morgan fingerprint density at radius 3 is 1.75 bits per heavy atom. The predicted molar refractivity (Wildman–Crippen MR) is 90.0 cm³/mol. The Balaban J connectivity index is 2.41. The lowest BCUT2D eigenvalue weighted by Crippen LogP contribution is -2.15. The smallest absolute Gasteiger partial charge is 0.0132 e. The fourth-order valence-electron chi connectivity index (χ4n) is 3.22. The third-order valence-corrected chi connectivity index (χ3v) is 4.47. The Bertz CT molecular complexity index is 486. The summed E-state index contributed by atoms with van der Waals surface area (Å²) in [5, 5.41) is 0. The molecular formula is C20H30. The zero-order chi connectivity index (χ0) is 15.0. The van der Waals surface area contributed by atoms with Crippen LogP contribution >= 0.6 is 0 Å². The van der Waals surface area contributed by atoms with Crippen molar-refractivity contribution in [3.63, 3.8) is 0 Å². The third kappa shape index (κ3) is 3.34. The summed E-state index contributed by atoms with van der Waals surface area (Å²) in [6.07, 6.45) is 5.23. The van der Waals surface area contributed by atoms with Crippen LogP contribution in [0.5, 0.6) is 0 Å². The van der Waals surface area contributed by atoms with Gasteiger partial charge in [-0.25, -0.2) is 0 Å². The summed E-state index contributed by atoms with van der Waals surface area (Å²) >= 11 is 0. The SMILES string of the molecule is CC(C)(C)C1=C(c2ccc(C(C)(C)C)cc2)CCCC1. The van der Waals surface area contributed by atoms with Crippen LogP contribution in [0.2, 0.25) is 0 Å². The Labute approximate surface area is 125 Å². The second-order valence-electron chi connectivity index (χ2n) is 8.24. The van der Waals surface area contributed by atoms with Gasteiger partial charge in [0.05, 0.1) is 0 Å². The number of rotatable bonds is 1. The minimum atomic E-state index is 0.242. The van der Waals surface area contributed by atoms with Gasteiger partial charge in [-0.2, -0.15) is 0 Å². The number of hydrogen-bond donors (Lipinski definition) is 0. The zero-order valence-electron chi connectivity index (χ0n) is 14.1. The summed E-state index contributed by atoms with van der Waals surface area (Å²) in [6, 6.07) is 9.31. The molecule has 0 radical (unpaired) electrons. The molecule has 0 atom stereocenters. The van der Waals surface area contributed by atoms with Gasteiger partial charge in [0, 0.05) is 0 Å². The van der Waals surface area contributed by atoms with Crippen LogP contribution in [0.15, 0.2) is 29.8 Å². The number of allylic oxidation sites excluding steroid dienone is 2. The second-order valence-corrected chi connectivity index (χ2v) is 8.24. The van der Waals surface area contributed by atoms with Crippen molar-refractivity contribution in [1.82, 2.24) is 0 Å². The van der Waals surface area contributed by atoms with Crippen molar-refractivity contribution in [3.8, 4) is 0 Å². The van der Waals surface area contributed by atoms with Crippen LogP contribution in [0, 0.1) is 5.41 Å². The first-order valence-electron chi connectivity index (χ1n) is 8.03. The predicted octanol–water partition coefficient (Wildman–Crippen LogP) is 6.36. The zero-order valence-corrected chi connectivity index (χ0v) is 14.1. The van der Waals surface area contributed by atoms with E-state index in [0.29, 0.717) is 5.41 Å². The molecule has 0 heterocycles. The van der Waals surface area contributed by atoms with E-state index in [-0.39, 0.29) is 5.41 Å². The summed E-state index contributed by atoms with van der Waals surface area (Å²) in [6.45, 7) is 13.9. The maximum atomic E-state index is 2.36. The van der Waals surface area contributed by atoms with Gasteiger partial charge in [-0.3, -0.25) is 0 Å². The highest BCUT2D eigenvalue weighted by atomic mass is 14.3. The normalized spacial score (nSPS) is 17.5. The van der Waals surface area contributed by atoms with E-state index >= 15 is 0 Å². The lowest BCUT2D eigenvalue weighted by Gasteiger charge is -2.31. The highest BCUT2D eigenvalue weighted by molar-refractivity contribution is 5.70. The summed E-state index contributed by atoms with van der Waals surface area (Å²) in [5.74, 6) is 0. The Morgan fingerprint density at radius 1 is 0.700 bits per heavy atom. The average molecular weight is 270 g/mol. The molecule has 0 aliphatic heterocycles. The van der Waals surface area contributed by atoms with E-state index in [0.717, 1.165) is 0 Å². The van der Waals surface area contributed by atoms with E-state index in [1.807, 2.05) is 0 Å². The minimum absolute atomic E-state index is 0.242. The molecule has 20 heavy (non-hydrogen) atoms. The molecule has 0 saturated heterocycles. The largest absolute Gasteiger partial charge is 0.0610 e. The number of benzene rings is 1. The highest BCUT2D eigenvalue weighted by Gasteiger charge is 2.24. The van der Waals surface area contributed by atoms with Gasteiger partial charge >= 0.3 is 0 Å². The van der Waals surface area contributed by atoms with Crippen LogP contribution in [-0.4, -0.2) is 0 Å². The van der Waals surface area contributed by atoms with Crippen LogP contribution in [0.3, 0.4) is 0 Å². The first-order chi connectivity index (χ1) is 9.19. The molecule has 1 aliphatic carbocycles. The van der Waals surface area contributed by atoms with Gasteiger partial charge in [0.2, 0.25) is 0 Å². The molecule has 0 aromatic heterocycles. The molecule has 0 heteroatoms. The molecule has 1 aromatic rings. The van der Waals surface area contributed by atoms with Crippen LogP contribution in [0.4, 0.5) is 0 Å². The van der Waals surface area contributed by atoms with Crippen LogP contribution in [0.1, 0.15) is 78.4 Å². The maximum absolute atomic E-state index is 2.36. The van der Waals surface area contributed by atoms with Crippen LogP contribution in [0.25, 0.3) is 5.57 Å². The monoisotopic (exact) mass is 270 g/mol. The van der Waals surface area contributed by atoms with Gasteiger partial charge in [0.15, 0.2) is 0 Å². The van der Waals surface area contributed by atoms with Gasteiger partial charge in [0.25, 0.3) is 0 Å². The quantitative estimate of drug-likeness (QED) is 0.557. The molecule has 0 nitrogen and oxygen atoms in total. The Kier molecular flexibility index (Phi) is 4.14. The maximum Gasteiger partial charge on any atom is -0.0132 e. The molecule has 0 bridgehead atoms. The van der Waals surface area contributed by atoms with Crippen molar-refractivity contribution >= 4 is 5.57 Å². The van der Waals surface area contributed by atoms with Crippen molar-refractivity contribution < 1.29 is 0 Å². The topological polar surface area (TPSA) is 0 Å². The molecule has 0 spiro atoms.